The van der Waals surface area contributed by atoms with Gasteiger partial charge in [0.25, 0.3) is 5.56 Å². The number of nitrogens with zero attached hydrogens (tertiary/aromatic N) is 3. The molecule has 0 amide bonds. The van der Waals surface area contributed by atoms with Crippen LogP contribution in [-0.4, -0.2) is 40.1 Å². The molecule has 1 aromatic carbocycles. The van der Waals surface area contributed by atoms with Crippen molar-refractivity contribution in [1.82, 2.24) is 14.3 Å². The maximum absolute atomic E-state index is 12.4. The fourth-order valence-electron chi connectivity index (χ4n) is 3.66. The van der Waals surface area contributed by atoms with E-state index in [0.717, 1.165) is 27.7 Å². The smallest absolute Gasteiger partial charge is 0.341 e. The van der Waals surface area contributed by atoms with Crippen LogP contribution in [-0.2, 0) is 22.6 Å². The van der Waals surface area contributed by atoms with Crippen molar-refractivity contribution in [2.75, 3.05) is 19.8 Å². The average Bonchev–Trinajstić information content (AvgIpc) is 3.08. The van der Waals surface area contributed by atoms with Crippen LogP contribution in [0.4, 0.5) is 0 Å². The first kappa shape index (κ1) is 21.5. The third-order valence-electron chi connectivity index (χ3n) is 5.41. The van der Waals surface area contributed by atoms with Crippen molar-refractivity contribution in [2.45, 2.75) is 32.9 Å². The summed E-state index contributed by atoms with van der Waals surface area (Å²) in [5, 5.41) is 5.63. The number of carbonyl (C=O) groups excluding carboxylic acids is 1. The number of carbonyl (C=O) groups is 1. The number of hydrogen-bond donors (Lipinski definition) is 0. The second-order valence-corrected chi connectivity index (χ2v) is 8.44. The SMILES string of the molecule is CCOC(=O)c1cn(Cc2ccc(Cn3cc(P)ccc3=O)c(C)c2)nc1C1COC1. The minimum absolute atomic E-state index is 0.0229. The van der Waals surface area contributed by atoms with E-state index in [1.807, 2.05) is 25.3 Å². The van der Waals surface area contributed by atoms with E-state index in [0.29, 0.717) is 38.5 Å². The number of rotatable bonds is 7. The van der Waals surface area contributed by atoms with Gasteiger partial charge < -0.3 is 14.0 Å². The Balaban J connectivity index is 1.54. The van der Waals surface area contributed by atoms with Crippen LogP contribution in [0.3, 0.4) is 0 Å². The van der Waals surface area contributed by atoms with Gasteiger partial charge in [0.2, 0.25) is 0 Å². The summed E-state index contributed by atoms with van der Waals surface area (Å²) in [5.74, 6) is -0.209. The minimum atomic E-state index is -0.344. The molecule has 162 valence electrons. The number of ether oxygens (including phenoxy) is 2. The monoisotopic (exact) mass is 439 g/mol. The standard InChI is InChI=1S/C23H26N3O4P/c1-3-30-23(28)20-12-26(24-22(20)18-13-29-14-18)9-16-4-5-17(15(2)8-16)10-25-11-19(31)6-7-21(25)27/h4-8,11-12,18H,3,9-10,13-14,31H2,1-2H3. The van der Waals surface area contributed by atoms with Gasteiger partial charge in [0.1, 0.15) is 5.56 Å². The third-order valence-corrected chi connectivity index (χ3v) is 5.75. The van der Waals surface area contributed by atoms with Crippen LogP contribution in [0.2, 0.25) is 0 Å². The lowest BCUT2D eigenvalue weighted by Crippen LogP contribution is -2.27. The maximum atomic E-state index is 12.4. The molecule has 7 nitrogen and oxygen atoms in total. The van der Waals surface area contributed by atoms with Crippen LogP contribution in [0.5, 0.6) is 0 Å². The molecule has 1 aliphatic rings. The molecule has 2 aromatic heterocycles. The molecule has 1 saturated heterocycles. The number of esters is 1. The van der Waals surface area contributed by atoms with E-state index in [9.17, 15) is 9.59 Å². The van der Waals surface area contributed by atoms with Crippen LogP contribution in [0.15, 0.2) is 47.5 Å². The fraction of sp³-hybridized carbons (Fsp3) is 0.348. The van der Waals surface area contributed by atoms with Gasteiger partial charge in [0.15, 0.2) is 0 Å². The van der Waals surface area contributed by atoms with Crippen LogP contribution in [0.25, 0.3) is 0 Å². The molecule has 1 unspecified atom stereocenters. The molecule has 0 N–H and O–H groups in total. The molecule has 1 fully saturated rings. The first-order chi connectivity index (χ1) is 14.9. The van der Waals surface area contributed by atoms with Gasteiger partial charge in [-0.15, -0.1) is 9.24 Å². The highest BCUT2D eigenvalue weighted by Crippen LogP contribution is 2.26. The zero-order chi connectivity index (χ0) is 22.0. The zero-order valence-electron chi connectivity index (χ0n) is 17.7. The summed E-state index contributed by atoms with van der Waals surface area (Å²) in [6, 6.07) is 9.55. The second kappa shape index (κ2) is 9.16. The molecule has 1 aliphatic heterocycles. The molecule has 4 rings (SSSR count). The Labute approximate surface area is 183 Å². The van der Waals surface area contributed by atoms with E-state index >= 15 is 0 Å². The number of aromatic nitrogens is 3. The molecule has 3 aromatic rings. The first-order valence-corrected chi connectivity index (χ1v) is 10.9. The molecule has 0 radical (unpaired) electrons. The summed E-state index contributed by atoms with van der Waals surface area (Å²) >= 11 is 0. The minimum Gasteiger partial charge on any atom is -0.462 e. The van der Waals surface area contributed by atoms with E-state index in [1.165, 1.54) is 0 Å². The molecule has 0 aliphatic carbocycles. The summed E-state index contributed by atoms with van der Waals surface area (Å²) in [4.78, 5) is 24.5. The van der Waals surface area contributed by atoms with E-state index in [1.54, 1.807) is 34.5 Å². The van der Waals surface area contributed by atoms with Crippen LogP contribution >= 0.6 is 9.24 Å². The number of aryl methyl sites for hydroxylation is 1. The van der Waals surface area contributed by atoms with Gasteiger partial charge in [0, 0.05) is 18.5 Å². The summed E-state index contributed by atoms with van der Waals surface area (Å²) in [6.45, 7) is 6.38. The van der Waals surface area contributed by atoms with Gasteiger partial charge in [-0.25, -0.2) is 4.79 Å². The number of hydrogen-bond acceptors (Lipinski definition) is 5. The highest BCUT2D eigenvalue weighted by molar-refractivity contribution is 7.27. The predicted octanol–water partition coefficient (Wildman–Crippen LogP) is 2.24. The largest absolute Gasteiger partial charge is 0.462 e. The fourth-order valence-corrected chi connectivity index (χ4v) is 3.93. The molecule has 3 heterocycles. The quantitative estimate of drug-likeness (QED) is 0.417. The lowest BCUT2D eigenvalue weighted by molar-refractivity contribution is 0.00573. The van der Waals surface area contributed by atoms with Gasteiger partial charge in [-0.3, -0.25) is 9.48 Å². The van der Waals surface area contributed by atoms with Crippen molar-refractivity contribution in [1.29, 1.82) is 0 Å². The molecule has 1 atom stereocenters. The van der Waals surface area contributed by atoms with Crippen molar-refractivity contribution < 1.29 is 14.3 Å². The maximum Gasteiger partial charge on any atom is 0.341 e. The molecular weight excluding hydrogens is 413 g/mol. The lowest BCUT2D eigenvalue weighted by Gasteiger charge is -2.24. The predicted molar refractivity (Wildman–Crippen MR) is 121 cm³/mol. The van der Waals surface area contributed by atoms with Crippen molar-refractivity contribution in [3.8, 4) is 0 Å². The Hall–Kier alpha value is -2.76. The number of pyridine rings is 1. The summed E-state index contributed by atoms with van der Waals surface area (Å²) in [6.07, 6.45) is 3.60. The summed E-state index contributed by atoms with van der Waals surface area (Å²) in [7, 11) is 2.62. The van der Waals surface area contributed by atoms with Crippen LogP contribution in [0, 0.1) is 6.92 Å². The van der Waals surface area contributed by atoms with Gasteiger partial charge in [-0.05, 0) is 41.9 Å². The second-order valence-electron chi connectivity index (χ2n) is 7.77. The molecule has 0 saturated carbocycles. The van der Waals surface area contributed by atoms with Gasteiger partial charge >= 0.3 is 5.97 Å². The van der Waals surface area contributed by atoms with Crippen LogP contribution in [0.1, 0.15) is 45.6 Å². The molecule has 8 heteroatoms. The van der Waals surface area contributed by atoms with Gasteiger partial charge in [0.05, 0.1) is 44.5 Å². The molecule has 0 spiro atoms. The van der Waals surface area contributed by atoms with Gasteiger partial charge in [-0.2, -0.15) is 5.10 Å². The van der Waals surface area contributed by atoms with Gasteiger partial charge in [-0.1, -0.05) is 18.2 Å². The van der Waals surface area contributed by atoms with E-state index in [2.05, 4.69) is 20.4 Å². The van der Waals surface area contributed by atoms with Crippen LogP contribution < -0.4 is 10.9 Å². The highest BCUT2D eigenvalue weighted by Gasteiger charge is 2.29. The lowest BCUT2D eigenvalue weighted by atomic mass is 10.0. The Morgan fingerprint density at radius 1 is 1.23 bits per heavy atom. The average molecular weight is 439 g/mol. The Morgan fingerprint density at radius 2 is 2.03 bits per heavy atom. The van der Waals surface area contributed by atoms with E-state index in [4.69, 9.17) is 9.47 Å². The van der Waals surface area contributed by atoms with Crippen molar-refractivity contribution in [3.05, 3.63) is 81.0 Å². The van der Waals surface area contributed by atoms with E-state index < -0.39 is 0 Å². The molecular formula is C23H26N3O4P. The third kappa shape index (κ3) is 4.78. The molecule has 0 bridgehead atoms. The van der Waals surface area contributed by atoms with Crippen molar-refractivity contribution in [2.24, 2.45) is 0 Å². The first-order valence-electron chi connectivity index (χ1n) is 10.3. The Bertz CT molecular complexity index is 1160. The summed E-state index contributed by atoms with van der Waals surface area (Å²) in [5.41, 5.74) is 4.49. The Kier molecular flexibility index (Phi) is 6.35. The number of benzene rings is 1. The Morgan fingerprint density at radius 3 is 2.71 bits per heavy atom. The topological polar surface area (TPSA) is 75.4 Å². The summed E-state index contributed by atoms with van der Waals surface area (Å²) < 4.78 is 14.0. The molecule has 31 heavy (non-hydrogen) atoms. The van der Waals surface area contributed by atoms with E-state index in [-0.39, 0.29) is 17.4 Å². The van der Waals surface area contributed by atoms with Crippen molar-refractivity contribution in [3.63, 3.8) is 0 Å². The normalized spacial score (nSPS) is 13.8. The zero-order valence-corrected chi connectivity index (χ0v) is 18.9. The highest BCUT2D eigenvalue weighted by atomic mass is 31.0. The van der Waals surface area contributed by atoms with Crippen molar-refractivity contribution >= 4 is 20.5 Å².